The lowest BCUT2D eigenvalue weighted by molar-refractivity contribution is 0.583. The first-order valence-corrected chi connectivity index (χ1v) is 8.88. The molecule has 0 saturated carbocycles. The zero-order valence-corrected chi connectivity index (χ0v) is 11.7. The van der Waals surface area contributed by atoms with Crippen LogP contribution in [0.2, 0.25) is 0 Å². The number of anilines is 1. The molecule has 17 heavy (non-hydrogen) atoms. The number of nitrogens with two attached hydrogens (primary N) is 1. The third-order valence-corrected chi connectivity index (χ3v) is 5.78. The Kier molecular flexibility index (Phi) is 4.12. The van der Waals surface area contributed by atoms with Crippen molar-refractivity contribution < 1.29 is 16.8 Å². The Morgan fingerprint density at radius 3 is 2.35 bits per heavy atom. The molecule has 0 aromatic carbocycles. The topological polar surface area (TPSA) is 119 Å². The molecule has 0 aliphatic rings. The first-order chi connectivity index (χ1) is 7.62. The molecule has 0 aliphatic carbocycles. The fraction of sp³-hybridized carbons (Fsp3) is 0.571. The number of nitrogen functional groups attached to an aromatic ring is 1. The third kappa shape index (κ3) is 4.22. The summed E-state index contributed by atoms with van der Waals surface area (Å²) in [6, 6.07) is 0. The van der Waals surface area contributed by atoms with E-state index in [2.05, 4.69) is 9.71 Å². The standard InChI is InChI=1S/C7H13N3O4S3/c1-5-6(15-7(8)10-5)17(13,14)9-3-4-16(2,11)12/h9H,3-4H2,1-2H3,(H2,8,10). The molecule has 1 aromatic rings. The van der Waals surface area contributed by atoms with E-state index in [-0.39, 0.29) is 21.6 Å². The second kappa shape index (κ2) is 4.88. The molecule has 0 saturated heterocycles. The van der Waals surface area contributed by atoms with Crippen LogP contribution in [0.4, 0.5) is 5.13 Å². The van der Waals surface area contributed by atoms with E-state index < -0.39 is 19.9 Å². The second-order valence-electron chi connectivity index (χ2n) is 3.45. The molecule has 0 fully saturated rings. The van der Waals surface area contributed by atoms with Crippen LogP contribution in [0.15, 0.2) is 4.21 Å². The Morgan fingerprint density at radius 1 is 1.35 bits per heavy atom. The summed E-state index contributed by atoms with van der Waals surface area (Å²) >= 11 is 0.846. The minimum absolute atomic E-state index is 0.0171. The lowest BCUT2D eigenvalue weighted by atomic mass is 10.6. The minimum Gasteiger partial charge on any atom is -0.375 e. The van der Waals surface area contributed by atoms with E-state index in [0.717, 1.165) is 17.6 Å². The molecule has 3 N–H and O–H groups in total. The molecule has 0 atom stereocenters. The van der Waals surface area contributed by atoms with Gasteiger partial charge in [-0.3, -0.25) is 0 Å². The van der Waals surface area contributed by atoms with E-state index in [1.807, 2.05) is 0 Å². The molecule has 7 nitrogen and oxygen atoms in total. The Morgan fingerprint density at radius 2 is 1.94 bits per heavy atom. The molecule has 1 rings (SSSR count). The van der Waals surface area contributed by atoms with Gasteiger partial charge in [-0.25, -0.2) is 26.5 Å². The van der Waals surface area contributed by atoms with E-state index in [1.165, 1.54) is 6.92 Å². The SMILES string of the molecule is Cc1nc(N)sc1S(=O)(=O)NCCS(C)(=O)=O. The Hall–Kier alpha value is -0.710. The van der Waals surface area contributed by atoms with Crippen LogP contribution in [0, 0.1) is 6.92 Å². The van der Waals surface area contributed by atoms with Crippen LogP contribution in [0.3, 0.4) is 0 Å². The molecule has 0 amide bonds. The van der Waals surface area contributed by atoms with Crippen molar-refractivity contribution in [2.75, 3.05) is 24.3 Å². The summed E-state index contributed by atoms with van der Waals surface area (Å²) in [7, 11) is -6.93. The van der Waals surface area contributed by atoms with Crippen molar-refractivity contribution in [1.82, 2.24) is 9.71 Å². The van der Waals surface area contributed by atoms with Gasteiger partial charge in [-0.05, 0) is 6.92 Å². The summed E-state index contributed by atoms with van der Waals surface area (Å²) in [5, 5.41) is 0.158. The lowest BCUT2D eigenvalue weighted by Gasteiger charge is -2.03. The zero-order chi connectivity index (χ0) is 13.3. The number of aryl methyl sites for hydroxylation is 1. The predicted octanol–water partition coefficient (Wildman–Crippen LogP) is -0.643. The molecule has 98 valence electrons. The fourth-order valence-corrected chi connectivity index (χ4v) is 4.05. The maximum absolute atomic E-state index is 11.8. The van der Waals surface area contributed by atoms with Crippen LogP contribution in [0.25, 0.3) is 0 Å². The van der Waals surface area contributed by atoms with Crippen LogP contribution < -0.4 is 10.5 Å². The number of rotatable bonds is 5. The Balaban J connectivity index is 2.80. The van der Waals surface area contributed by atoms with Gasteiger partial charge in [0.25, 0.3) is 10.0 Å². The van der Waals surface area contributed by atoms with Crippen molar-refractivity contribution in [3.63, 3.8) is 0 Å². The number of nitrogens with zero attached hydrogens (tertiary/aromatic N) is 1. The van der Waals surface area contributed by atoms with Crippen molar-refractivity contribution in [2.24, 2.45) is 0 Å². The highest BCUT2D eigenvalue weighted by Gasteiger charge is 2.21. The molecule has 0 bridgehead atoms. The van der Waals surface area contributed by atoms with E-state index in [9.17, 15) is 16.8 Å². The van der Waals surface area contributed by atoms with Gasteiger partial charge in [0, 0.05) is 12.8 Å². The first-order valence-electron chi connectivity index (χ1n) is 4.52. The van der Waals surface area contributed by atoms with Gasteiger partial charge < -0.3 is 5.73 Å². The van der Waals surface area contributed by atoms with Crippen molar-refractivity contribution >= 4 is 36.3 Å². The average molecular weight is 299 g/mol. The van der Waals surface area contributed by atoms with Gasteiger partial charge in [0.2, 0.25) is 0 Å². The zero-order valence-electron chi connectivity index (χ0n) is 9.30. The first kappa shape index (κ1) is 14.4. The molecule has 1 aromatic heterocycles. The number of hydrogen-bond acceptors (Lipinski definition) is 7. The van der Waals surface area contributed by atoms with Gasteiger partial charge >= 0.3 is 0 Å². The van der Waals surface area contributed by atoms with Gasteiger partial charge in [0.15, 0.2) is 9.34 Å². The number of nitrogens with one attached hydrogen (secondary N) is 1. The second-order valence-corrected chi connectivity index (χ2v) is 8.71. The largest absolute Gasteiger partial charge is 0.375 e. The summed E-state index contributed by atoms with van der Waals surface area (Å²) < 4.78 is 47.5. The van der Waals surface area contributed by atoms with Crippen LogP contribution in [-0.4, -0.2) is 40.4 Å². The van der Waals surface area contributed by atoms with Gasteiger partial charge in [-0.1, -0.05) is 11.3 Å². The van der Waals surface area contributed by atoms with Crippen molar-refractivity contribution in [1.29, 1.82) is 0 Å². The smallest absolute Gasteiger partial charge is 0.252 e. The highest BCUT2D eigenvalue weighted by molar-refractivity contribution is 7.92. The number of aromatic nitrogens is 1. The average Bonchev–Trinajstić information content (AvgIpc) is 2.43. The molecule has 1 heterocycles. The summed E-state index contributed by atoms with van der Waals surface area (Å²) in [6.07, 6.45) is 1.04. The summed E-state index contributed by atoms with van der Waals surface area (Å²) in [6.45, 7) is 1.36. The van der Waals surface area contributed by atoms with Crippen molar-refractivity contribution in [3.05, 3.63) is 5.69 Å². The predicted molar refractivity (Wildman–Crippen MR) is 66.2 cm³/mol. The quantitative estimate of drug-likeness (QED) is 0.746. The van der Waals surface area contributed by atoms with E-state index in [1.54, 1.807) is 0 Å². The van der Waals surface area contributed by atoms with E-state index in [0.29, 0.717) is 5.69 Å². The highest BCUT2D eigenvalue weighted by Crippen LogP contribution is 2.24. The summed E-state index contributed by atoms with van der Waals surface area (Å²) in [5.74, 6) is -0.250. The molecule has 0 spiro atoms. The van der Waals surface area contributed by atoms with Crippen LogP contribution in [-0.2, 0) is 19.9 Å². The van der Waals surface area contributed by atoms with Gasteiger partial charge in [0.05, 0.1) is 11.4 Å². The van der Waals surface area contributed by atoms with Crippen LogP contribution >= 0.6 is 11.3 Å². The normalized spacial score (nSPS) is 12.8. The maximum atomic E-state index is 11.8. The molecule has 0 aliphatic heterocycles. The summed E-state index contributed by atoms with van der Waals surface area (Å²) in [5.41, 5.74) is 5.70. The van der Waals surface area contributed by atoms with Crippen molar-refractivity contribution in [3.8, 4) is 0 Å². The molecule has 0 radical (unpaired) electrons. The highest BCUT2D eigenvalue weighted by atomic mass is 32.2. The molecular formula is C7H13N3O4S3. The van der Waals surface area contributed by atoms with Gasteiger partial charge in [0.1, 0.15) is 9.84 Å². The number of sulfonamides is 1. The van der Waals surface area contributed by atoms with E-state index in [4.69, 9.17) is 5.73 Å². The Labute approximate surface area is 104 Å². The summed E-state index contributed by atoms with van der Waals surface area (Å²) in [4.78, 5) is 3.79. The number of sulfone groups is 1. The maximum Gasteiger partial charge on any atom is 0.252 e. The third-order valence-electron chi connectivity index (χ3n) is 1.78. The number of hydrogen-bond donors (Lipinski definition) is 2. The lowest BCUT2D eigenvalue weighted by Crippen LogP contribution is -2.28. The van der Waals surface area contributed by atoms with Gasteiger partial charge in [-0.2, -0.15) is 0 Å². The fourth-order valence-electron chi connectivity index (χ4n) is 1.08. The monoisotopic (exact) mass is 299 g/mol. The molecule has 0 unspecified atom stereocenters. The number of thiazole rings is 1. The molecular weight excluding hydrogens is 286 g/mol. The van der Waals surface area contributed by atoms with Gasteiger partial charge in [-0.15, -0.1) is 0 Å². The van der Waals surface area contributed by atoms with Crippen LogP contribution in [0.1, 0.15) is 5.69 Å². The minimum atomic E-state index is -3.73. The van der Waals surface area contributed by atoms with E-state index >= 15 is 0 Å². The van der Waals surface area contributed by atoms with Crippen LogP contribution in [0.5, 0.6) is 0 Å². The van der Waals surface area contributed by atoms with Crippen molar-refractivity contribution in [2.45, 2.75) is 11.1 Å². The Bertz CT molecular complexity index is 602. The molecule has 10 heteroatoms.